The number of anilines is 1. The fraction of sp³-hybridized carbons (Fsp3) is 0.222. The molecule has 3 heteroatoms. The second-order valence-electron chi connectivity index (χ2n) is 2.34. The Balaban J connectivity index is 2.86. The van der Waals surface area contributed by atoms with Crippen LogP contribution >= 0.6 is 16.1 Å². The maximum atomic E-state index is 8.55. The third-order valence-corrected chi connectivity index (χ3v) is 2.47. The van der Waals surface area contributed by atoms with Crippen molar-refractivity contribution in [3.05, 3.63) is 29.8 Å². The zero-order valence-corrected chi connectivity index (χ0v) is 8.37. The largest absolute Gasteiger partial charge is 0.309 e. The van der Waals surface area contributed by atoms with Gasteiger partial charge in [0.15, 0.2) is 0 Å². The normalized spacial score (nSPS) is 9.08. The van der Waals surface area contributed by atoms with Crippen LogP contribution in [-0.2, 0) is 0 Å². The van der Waals surface area contributed by atoms with Crippen LogP contribution in [0.4, 0.5) is 5.69 Å². The summed E-state index contributed by atoms with van der Waals surface area (Å²) < 4.78 is 1.94. The van der Waals surface area contributed by atoms with Crippen LogP contribution in [-0.4, -0.2) is 6.54 Å². The average molecular weight is 225 g/mol. The van der Waals surface area contributed by atoms with Crippen LogP contribution in [0.1, 0.15) is 12.5 Å². The predicted molar refractivity (Wildman–Crippen MR) is 53.1 cm³/mol. The molecule has 0 aliphatic heterocycles. The van der Waals surface area contributed by atoms with Gasteiger partial charge in [0.25, 0.3) is 0 Å². The van der Waals surface area contributed by atoms with E-state index in [4.69, 9.17) is 5.26 Å². The summed E-state index contributed by atoms with van der Waals surface area (Å²) >= 11 is 3.38. The fourth-order valence-electron chi connectivity index (χ4n) is 0.880. The predicted octanol–water partition coefficient (Wildman–Crippen LogP) is 2.69. The van der Waals surface area contributed by atoms with E-state index in [2.05, 4.69) is 22.2 Å². The van der Waals surface area contributed by atoms with Crippen molar-refractivity contribution in [1.82, 2.24) is 0 Å². The molecule has 1 aromatic rings. The van der Waals surface area contributed by atoms with Crippen molar-refractivity contribution in [3.8, 4) is 6.07 Å². The molecule has 0 atom stereocenters. The summed E-state index contributed by atoms with van der Waals surface area (Å²) in [6.07, 6.45) is 0. The Labute approximate surface area is 80.8 Å². The smallest absolute Gasteiger partial charge is 0.0991 e. The topological polar surface area (TPSA) is 27.0 Å². The van der Waals surface area contributed by atoms with Gasteiger partial charge in [0, 0.05) is 28.4 Å². The summed E-state index contributed by atoms with van der Waals surface area (Å²) in [4.78, 5) is 0. The van der Waals surface area contributed by atoms with Crippen molar-refractivity contribution >= 4 is 21.8 Å². The molecular weight excluding hydrogens is 216 g/mol. The minimum atomic E-state index is 0.691. The van der Waals surface area contributed by atoms with E-state index in [0.717, 1.165) is 12.2 Å². The third kappa shape index (κ3) is 1.99. The molecule has 0 heterocycles. The summed E-state index contributed by atoms with van der Waals surface area (Å²) in [6.45, 7) is 2.94. The van der Waals surface area contributed by atoms with Crippen molar-refractivity contribution in [2.24, 2.45) is 0 Å². The molecule has 0 N–H and O–H groups in total. The van der Waals surface area contributed by atoms with Gasteiger partial charge in [0.2, 0.25) is 0 Å². The Hall–Kier alpha value is -1.01. The van der Waals surface area contributed by atoms with Crippen LogP contribution in [0.3, 0.4) is 0 Å². The van der Waals surface area contributed by atoms with Crippen LogP contribution in [0.2, 0.25) is 0 Å². The molecule has 0 saturated heterocycles. The maximum absolute atomic E-state index is 8.55. The molecule has 12 heavy (non-hydrogen) atoms. The molecule has 1 rings (SSSR count). The standard InChI is InChI=1S/C9H9BrN2/c1-2-12(10)9-5-3-8(7-11)4-6-9/h3-6H,2H2,1H3. The molecule has 0 saturated carbocycles. The number of hydrogen-bond donors (Lipinski definition) is 0. The van der Waals surface area contributed by atoms with E-state index in [1.165, 1.54) is 0 Å². The highest BCUT2D eigenvalue weighted by Crippen LogP contribution is 2.17. The van der Waals surface area contributed by atoms with Gasteiger partial charge >= 0.3 is 0 Å². The number of halogens is 1. The highest BCUT2D eigenvalue weighted by atomic mass is 79.9. The molecule has 0 aliphatic rings. The summed E-state index contributed by atoms with van der Waals surface area (Å²) in [5.74, 6) is 0. The molecular formula is C9H9BrN2. The molecule has 0 aromatic heterocycles. The van der Waals surface area contributed by atoms with Gasteiger partial charge in [-0.2, -0.15) is 5.26 Å². The quantitative estimate of drug-likeness (QED) is 0.723. The van der Waals surface area contributed by atoms with Crippen LogP contribution in [0.5, 0.6) is 0 Å². The van der Waals surface area contributed by atoms with Crippen molar-refractivity contribution in [1.29, 1.82) is 5.26 Å². The van der Waals surface area contributed by atoms with Crippen LogP contribution < -0.4 is 3.93 Å². The van der Waals surface area contributed by atoms with Crippen molar-refractivity contribution < 1.29 is 0 Å². The molecule has 0 unspecified atom stereocenters. The van der Waals surface area contributed by atoms with Gasteiger partial charge in [0.1, 0.15) is 0 Å². The second-order valence-corrected chi connectivity index (χ2v) is 3.19. The van der Waals surface area contributed by atoms with Crippen LogP contribution in [0, 0.1) is 11.3 Å². The number of rotatable bonds is 2. The SMILES string of the molecule is CCN(Br)c1ccc(C#N)cc1. The lowest BCUT2D eigenvalue weighted by Crippen LogP contribution is -2.06. The molecule has 62 valence electrons. The highest BCUT2D eigenvalue weighted by molar-refractivity contribution is 9.10. The fourth-order valence-corrected chi connectivity index (χ4v) is 1.12. The summed E-state index contributed by atoms with van der Waals surface area (Å²) in [6, 6.07) is 9.51. The Kier molecular flexibility index (Phi) is 3.12. The van der Waals surface area contributed by atoms with E-state index in [1.807, 2.05) is 23.0 Å². The maximum Gasteiger partial charge on any atom is 0.0991 e. The molecule has 0 amide bonds. The van der Waals surface area contributed by atoms with E-state index < -0.39 is 0 Å². The lowest BCUT2D eigenvalue weighted by molar-refractivity contribution is 1.13. The Morgan fingerprint density at radius 2 is 2.00 bits per heavy atom. The summed E-state index contributed by atoms with van der Waals surface area (Å²) in [7, 11) is 0. The molecule has 0 radical (unpaired) electrons. The number of nitriles is 1. The number of benzene rings is 1. The molecule has 1 aromatic carbocycles. The minimum absolute atomic E-state index is 0.691. The third-order valence-electron chi connectivity index (χ3n) is 1.55. The monoisotopic (exact) mass is 224 g/mol. The van der Waals surface area contributed by atoms with Crippen molar-refractivity contribution in [2.75, 3.05) is 10.5 Å². The highest BCUT2D eigenvalue weighted by Gasteiger charge is 1.98. The second kappa shape index (κ2) is 4.13. The van der Waals surface area contributed by atoms with Crippen molar-refractivity contribution in [3.63, 3.8) is 0 Å². The lowest BCUT2D eigenvalue weighted by atomic mass is 10.2. The number of nitrogens with zero attached hydrogens (tertiary/aromatic N) is 2. The first-order chi connectivity index (χ1) is 5.77. The van der Waals surface area contributed by atoms with E-state index >= 15 is 0 Å². The summed E-state index contributed by atoms with van der Waals surface area (Å²) in [5.41, 5.74) is 1.76. The first-order valence-corrected chi connectivity index (χ1v) is 4.42. The van der Waals surface area contributed by atoms with Gasteiger partial charge < -0.3 is 3.93 Å². The van der Waals surface area contributed by atoms with Gasteiger partial charge in [-0.25, -0.2) is 0 Å². The van der Waals surface area contributed by atoms with Gasteiger partial charge in [-0.1, -0.05) is 0 Å². The van der Waals surface area contributed by atoms with Gasteiger partial charge in [-0.15, -0.1) is 0 Å². The Morgan fingerprint density at radius 1 is 1.42 bits per heavy atom. The molecule has 2 nitrogen and oxygen atoms in total. The summed E-state index contributed by atoms with van der Waals surface area (Å²) in [5, 5.41) is 8.55. The molecule has 0 aliphatic carbocycles. The first kappa shape index (κ1) is 9.08. The van der Waals surface area contributed by atoms with E-state index in [-0.39, 0.29) is 0 Å². The van der Waals surface area contributed by atoms with Crippen molar-refractivity contribution in [2.45, 2.75) is 6.92 Å². The molecule has 0 fully saturated rings. The van der Waals surface area contributed by atoms with Gasteiger partial charge in [-0.3, -0.25) is 0 Å². The van der Waals surface area contributed by atoms with Gasteiger partial charge in [0.05, 0.1) is 11.6 Å². The lowest BCUT2D eigenvalue weighted by Gasteiger charge is -2.12. The van der Waals surface area contributed by atoms with Crippen LogP contribution in [0.15, 0.2) is 24.3 Å². The van der Waals surface area contributed by atoms with E-state index in [0.29, 0.717) is 5.56 Å². The van der Waals surface area contributed by atoms with Crippen LogP contribution in [0.25, 0.3) is 0 Å². The molecule has 0 bridgehead atoms. The zero-order valence-electron chi connectivity index (χ0n) is 6.79. The van der Waals surface area contributed by atoms with Gasteiger partial charge in [-0.05, 0) is 31.2 Å². The molecule has 0 spiro atoms. The average Bonchev–Trinajstić information content (AvgIpc) is 2.17. The Morgan fingerprint density at radius 3 is 2.42 bits per heavy atom. The minimum Gasteiger partial charge on any atom is -0.309 e. The van der Waals surface area contributed by atoms with E-state index in [9.17, 15) is 0 Å². The number of hydrogen-bond acceptors (Lipinski definition) is 2. The first-order valence-electron chi connectivity index (χ1n) is 3.71. The Bertz CT molecular complexity index is 286. The zero-order chi connectivity index (χ0) is 8.97. The van der Waals surface area contributed by atoms with E-state index in [1.54, 1.807) is 12.1 Å².